The predicted molar refractivity (Wildman–Crippen MR) is 79.0 cm³/mol. The molecule has 1 aliphatic rings. The van der Waals surface area contributed by atoms with Crippen LogP contribution in [-0.2, 0) is 16.1 Å². The molecule has 5 heteroatoms. The molecule has 0 heterocycles. The standard InChI is InChI=1S/C16H17N3O2/c17-10-9-15(20)18-11-13-3-1-2-4-14(13)19-16(21)8-7-12-5-6-12/h1-4,7-8,12H,5-6,9,11H2,(H,18,20)(H,19,21)/b8-7+. The van der Waals surface area contributed by atoms with E-state index in [1.807, 2.05) is 24.3 Å². The molecule has 1 fully saturated rings. The number of amides is 2. The van der Waals surface area contributed by atoms with Crippen molar-refractivity contribution in [3.8, 4) is 6.07 Å². The van der Waals surface area contributed by atoms with Gasteiger partial charge in [0.1, 0.15) is 6.42 Å². The van der Waals surface area contributed by atoms with Gasteiger partial charge in [0.25, 0.3) is 0 Å². The van der Waals surface area contributed by atoms with Gasteiger partial charge in [-0.15, -0.1) is 0 Å². The van der Waals surface area contributed by atoms with E-state index >= 15 is 0 Å². The smallest absolute Gasteiger partial charge is 0.248 e. The third-order valence-electron chi connectivity index (χ3n) is 3.13. The number of nitrogens with one attached hydrogen (secondary N) is 2. The minimum Gasteiger partial charge on any atom is -0.351 e. The molecule has 0 radical (unpaired) electrons. The van der Waals surface area contributed by atoms with E-state index in [4.69, 9.17) is 5.26 Å². The lowest BCUT2D eigenvalue weighted by Gasteiger charge is -2.10. The summed E-state index contributed by atoms with van der Waals surface area (Å²) in [5, 5.41) is 13.9. The fourth-order valence-electron chi connectivity index (χ4n) is 1.81. The van der Waals surface area contributed by atoms with E-state index in [9.17, 15) is 9.59 Å². The van der Waals surface area contributed by atoms with Gasteiger partial charge in [-0.25, -0.2) is 0 Å². The first-order chi connectivity index (χ1) is 10.2. The number of nitrogens with zero attached hydrogens (tertiary/aromatic N) is 1. The Morgan fingerprint density at radius 3 is 2.81 bits per heavy atom. The highest BCUT2D eigenvalue weighted by Gasteiger charge is 2.17. The summed E-state index contributed by atoms with van der Waals surface area (Å²) in [5.74, 6) is 0.0567. The zero-order valence-corrected chi connectivity index (χ0v) is 11.6. The van der Waals surface area contributed by atoms with Crippen molar-refractivity contribution >= 4 is 17.5 Å². The summed E-state index contributed by atoms with van der Waals surface area (Å²) >= 11 is 0. The summed E-state index contributed by atoms with van der Waals surface area (Å²) in [6.07, 6.45) is 5.63. The maximum absolute atomic E-state index is 11.8. The van der Waals surface area contributed by atoms with Crippen LogP contribution in [0.5, 0.6) is 0 Å². The minimum atomic E-state index is -0.327. The van der Waals surface area contributed by atoms with Crippen LogP contribution in [0.4, 0.5) is 5.69 Å². The van der Waals surface area contributed by atoms with Crippen molar-refractivity contribution in [3.63, 3.8) is 0 Å². The van der Waals surface area contributed by atoms with Crippen molar-refractivity contribution in [1.82, 2.24) is 5.32 Å². The maximum atomic E-state index is 11.8. The molecule has 2 rings (SSSR count). The largest absolute Gasteiger partial charge is 0.351 e. The van der Waals surface area contributed by atoms with Crippen LogP contribution in [0.1, 0.15) is 24.8 Å². The molecule has 1 aromatic rings. The summed E-state index contributed by atoms with van der Waals surface area (Å²) in [5.41, 5.74) is 1.47. The monoisotopic (exact) mass is 283 g/mol. The van der Waals surface area contributed by atoms with E-state index in [-0.39, 0.29) is 24.8 Å². The van der Waals surface area contributed by atoms with Crippen LogP contribution >= 0.6 is 0 Å². The molecule has 0 unspecified atom stereocenters. The lowest BCUT2D eigenvalue weighted by molar-refractivity contribution is -0.120. The number of carbonyl (C=O) groups is 2. The van der Waals surface area contributed by atoms with Crippen molar-refractivity contribution in [3.05, 3.63) is 42.0 Å². The first-order valence-corrected chi connectivity index (χ1v) is 6.90. The number of para-hydroxylation sites is 1. The number of benzene rings is 1. The van der Waals surface area contributed by atoms with E-state index in [0.29, 0.717) is 11.6 Å². The van der Waals surface area contributed by atoms with E-state index in [2.05, 4.69) is 10.6 Å². The van der Waals surface area contributed by atoms with Gasteiger partial charge in [-0.1, -0.05) is 24.3 Å². The quantitative estimate of drug-likeness (QED) is 0.784. The molecule has 0 saturated heterocycles. The molecule has 0 bridgehead atoms. The Labute approximate surface area is 123 Å². The van der Waals surface area contributed by atoms with Crippen molar-refractivity contribution in [2.24, 2.45) is 5.92 Å². The summed E-state index contributed by atoms with van der Waals surface area (Å²) in [7, 11) is 0. The third-order valence-corrected chi connectivity index (χ3v) is 3.13. The first-order valence-electron chi connectivity index (χ1n) is 6.90. The number of hydrogen-bond acceptors (Lipinski definition) is 3. The Kier molecular flexibility index (Phi) is 5.10. The van der Waals surface area contributed by atoms with Gasteiger partial charge in [0.15, 0.2) is 0 Å². The zero-order chi connectivity index (χ0) is 15.1. The van der Waals surface area contributed by atoms with Crippen LogP contribution in [0.3, 0.4) is 0 Å². The Bertz CT molecular complexity index is 598. The average Bonchev–Trinajstić information content (AvgIpc) is 3.29. The summed E-state index contributed by atoms with van der Waals surface area (Å²) in [6.45, 7) is 0.281. The van der Waals surface area contributed by atoms with Crippen LogP contribution in [0.15, 0.2) is 36.4 Å². The molecule has 2 amide bonds. The van der Waals surface area contributed by atoms with Crippen LogP contribution in [0, 0.1) is 17.2 Å². The molecule has 0 atom stereocenters. The molecule has 1 aliphatic carbocycles. The van der Waals surface area contributed by atoms with Gasteiger partial charge in [0.2, 0.25) is 11.8 Å². The molecule has 0 aromatic heterocycles. The molecule has 0 aliphatic heterocycles. The Hall–Kier alpha value is -2.61. The van der Waals surface area contributed by atoms with Gasteiger partial charge in [0.05, 0.1) is 6.07 Å². The number of rotatable bonds is 6. The zero-order valence-electron chi connectivity index (χ0n) is 11.6. The van der Waals surface area contributed by atoms with E-state index in [1.54, 1.807) is 18.2 Å². The van der Waals surface area contributed by atoms with Crippen LogP contribution < -0.4 is 10.6 Å². The van der Waals surface area contributed by atoms with Crippen LogP contribution in [0.25, 0.3) is 0 Å². The second kappa shape index (κ2) is 7.25. The topological polar surface area (TPSA) is 82.0 Å². The van der Waals surface area contributed by atoms with E-state index < -0.39 is 0 Å². The summed E-state index contributed by atoms with van der Waals surface area (Å²) in [6, 6.07) is 9.06. The van der Waals surface area contributed by atoms with E-state index in [0.717, 1.165) is 18.4 Å². The number of hydrogen-bond donors (Lipinski definition) is 2. The van der Waals surface area contributed by atoms with Gasteiger partial charge < -0.3 is 10.6 Å². The van der Waals surface area contributed by atoms with Gasteiger partial charge >= 0.3 is 0 Å². The Morgan fingerprint density at radius 1 is 1.33 bits per heavy atom. The lowest BCUT2D eigenvalue weighted by Crippen LogP contribution is -2.22. The molecular formula is C16H17N3O2. The minimum absolute atomic E-state index is 0.168. The molecule has 2 N–H and O–H groups in total. The predicted octanol–water partition coefficient (Wildman–Crippen LogP) is 2.12. The Morgan fingerprint density at radius 2 is 2.10 bits per heavy atom. The number of allylic oxidation sites excluding steroid dienone is 1. The van der Waals surface area contributed by atoms with Crippen molar-refractivity contribution in [2.75, 3.05) is 5.32 Å². The average molecular weight is 283 g/mol. The number of nitriles is 1. The highest BCUT2D eigenvalue weighted by atomic mass is 16.2. The fraction of sp³-hybridized carbons (Fsp3) is 0.312. The second-order valence-corrected chi connectivity index (χ2v) is 4.95. The molecular weight excluding hydrogens is 266 g/mol. The van der Waals surface area contributed by atoms with Crippen molar-refractivity contribution < 1.29 is 9.59 Å². The molecule has 1 saturated carbocycles. The summed E-state index contributed by atoms with van der Waals surface area (Å²) in [4.78, 5) is 23.1. The van der Waals surface area contributed by atoms with Crippen molar-refractivity contribution in [1.29, 1.82) is 5.26 Å². The number of anilines is 1. The first kappa shape index (κ1) is 14.8. The Balaban J connectivity index is 1.94. The molecule has 21 heavy (non-hydrogen) atoms. The summed E-state index contributed by atoms with van der Waals surface area (Å²) < 4.78 is 0. The van der Waals surface area contributed by atoms with Crippen molar-refractivity contribution in [2.45, 2.75) is 25.8 Å². The highest BCUT2D eigenvalue weighted by Crippen LogP contribution is 2.30. The van der Waals surface area contributed by atoms with Crippen LogP contribution in [0.2, 0.25) is 0 Å². The second-order valence-electron chi connectivity index (χ2n) is 4.95. The van der Waals surface area contributed by atoms with Gasteiger partial charge in [0, 0.05) is 12.2 Å². The molecule has 5 nitrogen and oxygen atoms in total. The van der Waals surface area contributed by atoms with Gasteiger partial charge in [-0.05, 0) is 36.5 Å². The van der Waals surface area contributed by atoms with E-state index in [1.165, 1.54) is 0 Å². The maximum Gasteiger partial charge on any atom is 0.248 e. The lowest BCUT2D eigenvalue weighted by atomic mass is 10.1. The fourth-order valence-corrected chi connectivity index (χ4v) is 1.81. The molecule has 1 aromatic carbocycles. The SMILES string of the molecule is N#CCC(=O)NCc1ccccc1NC(=O)/C=C/C1CC1. The normalized spacial score (nSPS) is 13.7. The van der Waals surface area contributed by atoms with Gasteiger partial charge in [-0.3, -0.25) is 9.59 Å². The molecule has 0 spiro atoms. The highest BCUT2D eigenvalue weighted by molar-refractivity contribution is 5.99. The third kappa shape index (κ3) is 5.11. The van der Waals surface area contributed by atoms with Crippen LogP contribution in [-0.4, -0.2) is 11.8 Å². The van der Waals surface area contributed by atoms with Gasteiger partial charge in [-0.2, -0.15) is 5.26 Å². The number of carbonyl (C=O) groups excluding carboxylic acids is 2. The molecule has 108 valence electrons.